The van der Waals surface area contributed by atoms with Gasteiger partial charge in [-0.1, -0.05) is 30.3 Å². The summed E-state index contributed by atoms with van der Waals surface area (Å²) >= 11 is 0. The van der Waals surface area contributed by atoms with Crippen molar-refractivity contribution >= 4 is 18.9 Å². The van der Waals surface area contributed by atoms with Crippen LogP contribution in [0.2, 0.25) is 0 Å². The van der Waals surface area contributed by atoms with Gasteiger partial charge in [0.2, 0.25) is 0 Å². The van der Waals surface area contributed by atoms with Gasteiger partial charge in [-0.3, -0.25) is 4.79 Å². The Bertz CT molecular complexity index is 782. The number of carbonyl (C=O) groups excluding carboxylic acids is 1. The molecule has 1 heterocycles. The molecule has 0 spiro atoms. The number of aldehydes is 1. The minimum Gasteiger partial charge on any atom is -0.496 e. The summed E-state index contributed by atoms with van der Waals surface area (Å²) in [6.45, 7) is 7.99. The quantitative estimate of drug-likeness (QED) is 0.633. The summed E-state index contributed by atoms with van der Waals surface area (Å²) in [4.78, 5) is 11.7. The van der Waals surface area contributed by atoms with E-state index in [0.29, 0.717) is 5.56 Å². The van der Waals surface area contributed by atoms with Crippen LogP contribution in [0.4, 0.5) is 0 Å². The van der Waals surface area contributed by atoms with Gasteiger partial charge in [-0.15, -0.1) is 0 Å². The summed E-state index contributed by atoms with van der Waals surface area (Å²) in [7, 11) is 1.08. The minimum absolute atomic E-state index is 0.445. The average molecular weight is 338 g/mol. The zero-order valence-corrected chi connectivity index (χ0v) is 15.3. The molecule has 0 atom stereocenters. The molecule has 25 heavy (non-hydrogen) atoms. The van der Waals surface area contributed by atoms with Crippen molar-refractivity contribution in [3.63, 3.8) is 0 Å². The van der Waals surface area contributed by atoms with Gasteiger partial charge in [-0.05, 0) is 50.9 Å². The maximum absolute atomic E-state index is 11.7. The van der Waals surface area contributed by atoms with Gasteiger partial charge in [0.1, 0.15) is 12.0 Å². The molecule has 4 nitrogen and oxygen atoms in total. The molecule has 3 rings (SSSR count). The molecule has 1 fully saturated rings. The van der Waals surface area contributed by atoms with E-state index in [0.717, 1.165) is 28.6 Å². The zero-order chi connectivity index (χ0) is 18.2. The van der Waals surface area contributed by atoms with Crippen LogP contribution in [0.25, 0.3) is 11.1 Å². The maximum Gasteiger partial charge on any atom is 0.495 e. The molecule has 0 unspecified atom stereocenters. The first kappa shape index (κ1) is 17.7. The van der Waals surface area contributed by atoms with Crippen LogP contribution in [0.3, 0.4) is 0 Å². The van der Waals surface area contributed by atoms with E-state index in [-0.39, 0.29) is 0 Å². The molecule has 0 amide bonds. The molecule has 0 aromatic heterocycles. The Labute approximate surface area is 149 Å². The normalized spacial score (nSPS) is 18.2. The second kappa shape index (κ2) is 6.32. The second-order valence-electron chi connectivity index (χ2n) is 7.25. The van der Waals surface area contributed by atoms with Gasteiger partial charge in [0, 0.05) is 11.1 Å². The second-order valence-corrected chi connectivity index (χ2v) is 7.25. The smallest absolute Gasteiger partial charge is 0.495 e. The number of ether oxygens (including phenoxy) is 1. The SMILES string of the molecule is COc1ccccc1-c1ccc(B2OC(C)(C)C(C)(C)O2)c(C=O)c1. The van der Waals surface area contributed by atoms with Crippen molar-refractivity contribution in [3.8, 4) is 16.9 Å². The van der Waals surface area contributed by atoms with Gasteiger partial charge >= 0.3 is 7.12 Å². The van der Waals surface area contributed by atoms with Gasteiger partial charge in [-0.25, -0.2) is 0 Å². The molecular formula is C20H23BO4. The van der Waals surface area contributed by atoms with Gasteiger partial charge in [0.25, 0.3) is 0 Å². The molecule has 1 aliphatic rings. The van der Waals surface area contributed by atoms with E-state index in [1.54, 1.807) is 7.11 Å². The number of rotatable bonds is 4. The summed E-state index contributed by atoms with van der Waals surface area (Å²) in [6.07, 6.45) is 0.847. The lowest BCUT2D eigenvalue weighted by Gasteiger charge is -2.32. The Balaban J connectivity index is 2.01. The molecule has 0 bridgehead atoms. The first-order chi connectivity index (χ1) is 11.8. The highest BCUT2D eigenvalue weighted by atomic mass is 16.7. The van der Waals surface area contributed by atoms with Crippen LogP contribution in [0, 0.1) is 0 Å². The lowest BCUT2D eigenvalue weighted by molar-refractivity contribution is 0.00578. The van der Waals surface area contributed by atoms with Crippen molar-refractivity contribution in [1.82, 2.24) is 0 Å². The molecule has 2 aromatic rings. The molecule has 130 valence electrons. The Morgan fingerprint density at radius 2 is 1.64 bits per heavy atom. The fraction of sp³-hybridized carbons (Fsp3) is 0.350. The zero-order valence-electron chi connectivity index (χ0n) is 15.3. The van der Waals surface area contributed by atoms with Crippen LogP contribution in [0.15, 0.2) is 42.5 Å². The predicted octanol–water partition coefficient (Wildman–Crippen LogP) is 3.47. The first-order valence-corrected chi connectivity index (χ1v) is 8.37. The van der Waals surface area contributed by atoms with Crippen LogP contribution >= 0.6 is 0 Å². The lowest BCUT2D eigenvalue weighted by atomic mass is 9.75. The number of hydrogen-bond acceptors (Lipinski definition) is 4. The van der Waals surface area contributed by atoms with Crippen LogP contribution in [0.5, 0.6) is 5.75 Å². The number of carbonyl (C=O) groups is 1. The van der Waals surface area contributed by atoms with Crippen molar-refractivity contribution in [1.29, 1.82) is 0 Å². The van der Waals surface area contributed by atoms with Crippen LogP contribution < -0.4 is 10.2 Å². The molecule has 1 aliphatic heterocycles. The van der Waals surface area contributed by atoms with Gasteiger partial charge in [0.05, 0.1) is 18.3 Å². The topological polar surface area (TPSA) is 44.8 Å². The highest BCUT2D eigenvalue weighted by Crippen LogP contribution is 2.37. The van der Waals surface area contributed by atoms with Crippen molar-refractivity contribution < 1.29 is 18.8 Å². The summed E-state index contributed by atoms with van der Waals surface area (Å²) in [5.74, 6) is 0.766. The Morgan fingerprint density at radius 1 is 1.00 bits per heavy atom. The van der Waals surface area contributed by atoms with E-state index in [9.17, 15) is 4.79 Å². The molecule has 5 heteroatoms. The van der Waals surface area contributed by atoms with E-state index in [2.05, 4.69) is 0 Å². The van der Waals surface area contributed by atoms with Crippen molar-refractivity contribution in [2.45, 2.75) is 38.9 Å². The van der Waals surface area contributed by atoms with E-state index in [1.165, 1.54) is 0 Å². The largest absolute Gasteiger partial charge is 0.496 e. The van der Waals surface area contributed by atoms with Gasteiger partial charge < -0.3 is 14.0 Å². The molecule has 2 aromatic carbocycles. The highest BCUT2D eigenvalue weighted by molar-refractivity contribution is 6.63. The molecule has 1 saturated heterocycles. The first-order valence-electron chi connectivity index (χ1n) is 8.37. The minimum atomic E-state index is -0.558. The summed E-state index contributed by atoms with van der Waals surface area (Å²) in [5.41, 5.74) is 2.26. The van der Waals surface area contributed by atoms with Crippen LogP contribution in [0.1, 0.15) is 38.1 Å². The van der Waals surface area contributed by atoms with Gasteiger partial charge in [0.15, 0.2) is 0 Å². The predicted molar refractivity (Wildman–Crippen MR) is 99.5 cm³/mol. The van der Waals surface area contributed by atoms with E-state index >= 15 is 0 Å². The number of hydrogen-bond donors (Lipinski definition) is 0. The number of para-hydroxylation sites is 1. The summed E-state index contributed by atoms with van der Waals surface area (Å²) in [6, 6.07) is 13.4. The Morgan fingerprint density at radius 3 is 2.24 bits per heavy atom. The monoisotopic (exact) mass is 338 g/mol. The standard InChI is InChI=1S/C20H23BO4/c1-19(2)20(3,4)25-21(24-19)17-11-10-14(12-15(17)13-22)16-8-6-7-9-18(16)23-5/h6-13H,1-5H3. The molecule has 0 radical (unpaired) electrons. The summed E-state index contributed by atoms with van der Waals surface area (Å²) < 4.78 is 17.6. The Kier molecular flexibility index (Phi) is 4.48. The molecular weight excluding hydrogens is 315 g/mol. The third-order valence-electron chi connectivity index (χ3n) is 5.14. The number of methoxy groups -OCH3 is 1. The molecule has 0 aliphatic carbocycles. The molecule has 0 N–H and O–H groups in total. The Hall–Kier alpha value is -2.11. The van der Waals surface area contributed by atoms with E-state index in [4.69, 9.17) is 14.0 Å². The fourth-order valence-electron chi connectivity index (χ4n) is 2.91. The fourth-order valence-corrected chi connectivity index (χ4v) is 2.91. The number of benzene rings is 2. The van der Waals surface area contributed by atoms with E-state index in [1.807, 2.05) is 70.2 Å². The van der Waals surface area contributed by atoms with Crippen molar-refractivity contribution in [2.75, 3.05) is 7.11 Å². The highest BCUT2D eigenvalue weighted by Gasteiger charge is 2.52. The van der Waals surface area contributed by atoms with E-state index < -0.39 is 18.3 Å². The van der Waals surface area contributed by atoms with Crippen molar-refractivity contribution in [3.05, 3.63) is 48.0 Å². The van der Waals surface area contributed by atoms with Gasteiger partial charge in [-0.2, -0.15) is 0 Å². The van der Waals surface area contributed by atoms with Crippen LogP contribution in [-0.4, -0.2) is 31.7 Å². The maximum atomic E-state index is 11.7. The third-order valence-corrected chi connectivity index (χ3v) is 5.14. The average Bonchev–Trinajstić information content (AvgIpc) is 2.81. The lowest BCUT2D eigenvalue weighted by Crippen LogP contribution is -2.41. The third kappa shape index (κ3) is 3.10. The van der Waals surface area contributed by atoms with Crippen molar-refractivity contribution in [2.24, 2.45) is 0 Å². The molecule has 0 saturated carbocycles. The van der Waals surface area contributed by atoms with Crippen LogP contribution in [-0.2, 0) is 9.31 Å². The summed E-state index contributed by atoms with van der Waals surface area (Å²) in [5, 5.41) is 0.